The Bertz CT molecular complexity index is 478. The van der Waals surface area contributed by atoms with Crippen molar-refractivity contribution >= 4 is 12.3 Å². The number of hydrogen-bond acceptors (Lipinski definition) is 8. The molecule has 0 heterocycles. The lowest BCUT2D eigenvalue weighted by Crippen LogP contribution is -2.24. The molecular weight excluding hydrogens is 368 g/mol. The van der Waals surface area contributed by atoms with E-state index in [1.165, 1.54) is 0 Å². The lowest BCUT2D eigenvalue weighted by Gasteiger charge is -2.19. The molecule has 1 aliphatic rings. The quantitative estimate of drug-likeness (QED) is 0.419. The normalized spacial score (nSPS) is 19.9. The lowest BCUT2D eigenvalue weighted by atomic mass is 10.1. The summed E-state index contributed by atoms with van der Waals surface area (Å²) in [7, 11) is 0. The van der Waals surface area contributed by atoms with Crippen LogP contribution in [-0.4, -0.2) is 62.7 Å². The molecule has 8 nitrogen and oxygen atoms in total. The second-order valence-corrected chi connectivity index (χ2v) is 8.85. The molecule has 28 heavy (non-hydrogen) atoms. The van der Waals surface area contributed by atoms with Crippen molar-refractivity contribution in [2.75, 3.05) is 33.0 Å². The highest BCUT2D eigenvalue weighted by molar-refractivity contribution is 5.60. The van der Waals surface area contributed by atoms with Crippen LogP contribution in [0.25, 0.3) is 0 Å². The predicted octanol–water partition coefficient (Wildman–Crippen LogP) is 4.09. The fourth-order valence-electron chi connectivity index (χ4n) is 2.63. The van der Waals surface area contributed by atoms with Crippen LogP contribution in [-0.2, 0) is 28.4 Å². The number of carbonyl (C=O) groups excluding carboxylic acids is 2. The van der Waals surface area contributed by atoms with Crippen molar-refractivity contribution in [3.8, 4) is 0 Å². The first-order valence-corrected chi connectivity index (χ1v) is 9.85. The zero-order valence-electron chi connectivity index (χ0n) is 18.1. The van der Waals surface area contributed by atoms with Crippen molar-refractivity contribution in [2.24, 2.45) is 5.92 Å². The highest BCUT2D eigenvalue weighted by Gasteiger charge is 2.29. The molecule has 1 aliphatic carbocycles. The van der Waals surface area contributed by atoms with Gasteiger partial charge in [0.25, 0.3) is 0 Å². The molecule has 1 fully saturated rings. The van der Waals surface area contributed by atoms with E-state index in [-0.39, 0.29) is 43.0 Å². The van der Waals surface area contributed by atoms with Gasteiger partial charge in [-0.15, -0.1) is 0 Å². The van der Waals surface area contributed by atoms with Gasteiger partial charge in [0.05, 0.1) is 31.0 Å². The molecule has 0 radical (unpaired) electrons. The van der Waals surface area contributed by atoms with E-state index in [0.717, 1.165) is 12.8 Å². The summed E-state index contributed by atoms with van der Waals surface area (Å²) in [6.45, 7) is 12.8. The Hall–Kier alpha value is -1.54. The predicted molar refractivity (Wildman–Crippen MR) is 102 cm³/mol. The Morgan fingerprint density at radius 2 is 1.29 bits per heavy atom. The van der Waals surface area contributed by atoms with Crippen LogP contribution in [0.1, 0.15) is 60.8 Å². The molecule has 0 aromatic carbocycles. The van der Waals surface area contributed by atoms with Crippen molar-refractivity contribution in [1.82, 2.24) is 0 Å². The van der Waals surface area contributed by atoms with E-state index in [4.69, 9.17) is 28.4 Å². The largest absolute Gasteiger partial charge is 0.508 e. The summed E-state index contributed by atoms with van der Waals surface area (Å²) in [5.74, 6) is 0.139. The molecule has 0 aliphatic heterocycles. The number of carbonyl (C=O) groups is 2. The third kappa shape index (κ3) is 12.8. The van der Waals surface area contributed by atoms with Gasteiger partial charge in [-0.3, -0.25) is 0 Å². The zero-order valence-corrected chi connectivity index (χ0v) is 18.1. The summed E-state index contributed by atoms with van der Waals surface area (Å²) >= 11 is 0. The van der Waals surface area contributed by atoms with Crippen LogP contribution in [0, 0.1) is 5.92 Å². The molecule has 2 unspecified atom stereocenters. The maximum Gasteiger partial charge on any atom is 0.508 e. The van der Waals surface area contributed by atoms with Gasteiger partial charge in [0, 0.05) is 0 Å². The SMILES string of the molecule is CC(C)(C)OCCOC(=O)OCC1CCC(OC(=O)OCCOC(C)(C)C)C1. The van der Waals surface area contributed by atoms with Gasteiger partial charge in [0.1, 0.15) is 19.3 Å². The first kappa shape index (κ1) is 24.5. The van der Waals surface area contributed by atoms with Gasteiger partial charge in [0.15, 0.2) is 0 Å². The topological polar surface area (TPSA) is 89.5 Å². The first-order valence-electron chi connectivity index (χ1n) is 9.85. The summed E-state index contributed by atoms with van der Waals surface area (Å²) in [6, 6.07) is 0. The van der Waals surface area contributed by atoms with Gasteiger partial charge in [-0.1, -0.05) is 0 Å². The number of hydrogen-bond donors (Lipinski definition) is 0. The van der Waals surface area contributed by atoms with Crippen molar-refractivity contribution in [2.45, 2.75) is 78.1 Å². The van der Waals surface area contributed by atoms with Crippen LogP contribution in [0.4, 0.5) is 9.59 Å². The maximum absolute atomic E-state index is 11.7. The van der Waals surface area contributed by atoms with Crippen molar-refractivity contribution in [3.05, 3.63) is 0 Å². The Morgan fingerprint density at radius 3 is 1.82 bits per heavy atom. The van der Waals surface area contributed by atoms with E-state index in [1.807, 2.05) is 41.5 Å². The van der Waals surface area contributed by atoms with Crippen LogP contribution in [0.3, 0.4) is 0 Å². The molecular formula is C20H36O8. The van der Waals surface area contributed by atoms with Gasteiger partial charge in [0.2, 0.25) is 0 Å². The highest BCUT2D eigenvalue weighted by Crippen LogP contribution is 2.28. The molecule has 0 spiro atoms. The minimum atomic E-state index is -0.708. The molecule has 0 saturated heterocycles. The van der Waals surface area contributed by atoms with Crippen molar-refractivity contribution in [1.29, 1.82) is 0 Å². The molecule has 0 aromatic rings. The third-order valence-electron chi connectivity index (χ3n) is 3.87. The van der Waals surface area contributed by atoms with E-state index >= 15 is 0 Å². The summed E-state index contributed by atoms with van der Waals surface area (Å²) in [6.07, 6.45) is 0.540. The third-order valence-corrected chi connectivity index (χ3v) is 3.87. The van der Waals surface area contributed by atoms with Crippen LogP contribution >= 0.6 is 0 Å². The fourth-order valence-corrected chi connectivity index (χ4v) is 2.63. The van der Waals surface area contributed by atoms with E-state index < -0.39 is 12.3 Å². The lowest BCUT2D eigenvalue weighted by molar-refractivity contribution is -0.0393. The smallest absolute Gasteiger partial charge is 0.434 e. The summed E-state index contributed by atoms with van der Waals surface area (Å²) in [5, 5.41) is 0. The van der Waals surface area contributed by atoms with Gasteiger partial charge >= 0.3 is 12.3 Å². The molecule has 8 heteroatoms. The molecule has 2 atom stereocenters. The molecule has 0 N–H and O–H groups in total. The average Bonchev–Trinajstić information content (AvgIpc) is 2.99. The molecule has 0 amide bonds. The average molecular weight is 405 g/mol. The second-order valence-electron chi connectivity index (χ2n) is 8.85. The summed E-state index contributed by atoms with van der Waals surface area (Å²) in [4.78, 5) is 23.3. The van der Waals surface area contributed by atoms with E-state index in [1.54, 1.807) is 0 Å². The minimum Gasteiger partial charge on any atom is -0.434 e. The highest BCUT2D eigenvalue weighted by atomic mass is 16.7. The molecule has 0 bridgehead atoms. The van der Waals surface area contributed by atoms with Crippen LogP contribution in [0.2, 0.25) is 0 Å². The maximum atomic E-state index is 11.7. The van der Waals surface area contributed by atoms with Crippen LogP contribution in [0.5, 0.6) is 0 Å². The van der Waals surface area contributed by atoms with Gasteiger partial charge in [-0.25, -0.2) is 9.59 Å². The summed E-state index contributed by atoms with van der Waals surface area (Å²) < 4.78 is 31.3. The molecule has 1 rings (SSSR count). The van der Waals surface area contributed by atoms with Gasteiger partial charge in [-0.2, -0.15) is 0 Å². The zero-order chi connectivity index (χ0) is 21.2. The molecule has 1 saturated carbocycles. The standard InChI is InChI=1S/C20H36O8/c1-19(2,3)26-11-9-23-17(21)25-14-15-7-8-16(13-15)28-18(22)24-10-12-27-20(4,5)6/h15-16H,7-14H2,1-6H3. The van der Waals surface area contributed by atoms with E-state index in [2.05, 4.69) is 0 Å². The Labute approximate surface area is 168 Å². The van der Waals surface area contributed by atoms with Gasteiger partial charge in [-0.05, 0) is 66.7 Å². The van der Waals surface area contributed by atoms with E-state index in [9.17, 15) is 9.59 Å². The second kappa shape index (κ2) is 11.5. The van der Waals surface area contributed by atoms with Crippen LogP contribution < -0.4 is 0 Å². The van der Waals surface area contributed by atoms with Gasteiger partial charge < -0.3 is 28.4 Å². The Kier molecular flexibility index (Phi) is 10.0. The monoisotopic (exact) mass is 404 g/mol. The molecule has 0 aromatic heterocycles. The fraction of sp³-hybridized carbons (Fsp3) is 0.900. The number of ether oxygens (including phenoxy) is 6. The van der Waals surface area contributed by atoms with Crippen LogP contribution in [0.15, 0.2) is 0 Å². The van der Waals surface area contributed by atoms with Crippen molar-refractivity contribution < 1.29 is 38.0 Å². The van der Waals surface area contributed by atoms with E-state index in [0.29, 0.717) is 19.6 Å². The van der Waals surface area contributed by atoms with Crippen molar-refractivity contribution in [3.63, 3.8) is 0 Å². The number of rotatable bonds is 9. The summed E-state index contributed by atoms with van der Waals surface area (Å²) in [5.41, 5.74) is -0.542. The molecule has 164 valence electrons. The first-order chi connectivity index (χ1) is 12.9. The minimum absolute atomic E-state index is 0.139. The Balaban J connectivity index is 2.09. The Morgan fingerprint density at radius 1 is 0.750 bits per heavy atom.